The summed E-state index contributed by atoms with van der Waals surface area (Å²) < 4.78 is 8.91. The molecule has 2 aliphatic rings. The van der Waals surface area contributed by atoms with Gasteiger partial charge in [-0.15, -0.1) is 0 Å². The van der Waals surface area contributed by atoms with E-state index in [1.54, 1.807) is 0 Å². The molecule has 3 nitrogen and oxygen atoms in total. The van der Waals surface area contributed by atoms with E-state index in [1.807, 2.05) is 18.2 Å². The highest BCUT2D eigenvalue weighted by Crippen LogP contribution is 2.57. The number of hydrogen-bond donors (Lipinski definition) is 0. The van der Waals surface area contributed by atoms with Crippen LogP contribution in [0.25, 0.3) is 105 Å². The molecule has 0 amide bonds. The third-order valence-electron chi connectivity index (χ3n) is 14.6. The molecule has 2 aromatic heterocycles. The van der Waals surface area contributed by atoms with Gasteiger partial charge in [-0.05, 0) is 123 Å². The lowest BCUT2D eigenvalue weighted by Gasteiger charge is -2.30. The molecule has 0 saturated carbocycles. The number of para-hydroxylation sites is 4. The molecular formula is C63H41ClN2O. The smallest absolute Gasteiger partial charge is 0.136 e. The molecule has 1 aliphatic heterocycles. The molecule has 0 N–H and O–H groups in total. The molecule has 0 radical (unpaired) electrons. The number of furan rings is 1. The summed E-state index contributed by atoms with van der Waals surface area (Å²) in [6.45, 7) is 4.73. The third kappa shape index (κ3) is 5.47. The number of halogens is 1. The van der Waals surface area contributed by atoms with E-state index in [1.165, 1.54) is 44.1 Å². The van der Waals surface area contributed by atoms with Gasteiger partial charge in [0.05, 0.1) is 33.1 Å². The van der Waals surface area contributed by atoms with Gasteiger partial charge in [0.1, 0.15) is 11.2 Å². The number of nitrogens with zero attached hydrogens (tertiary/aromatic N) is 2. The number of aromatic nitrogens is 1. The van der Waals surface area contributed by atoms with E-state index in [0.29, 0.717) is 5.02 Å². The molecule has 10 aromatic carbocycles. The van der Waals surface area contributed by atoms with Crippen LogP contribution in [-0.4, -0.2) is 4.57 Å². The molecule has 0 spiro atoms. The first-order valence-corrected chi connectivity index (χ1v) is 23.4. The molecule has 1 aliphatic carbocycles. The fourth-order valence-corrected chi connectivity index (χ4v) is 11.8. The molecule has 0 bridgehead atoms. The Bertz CT molecular complexity index is 4040. The van der Waals surface area contributed by atoms with E-state index >= 15 is 0 Å². The summed E-state index contributed by atoms with van der Waals surface area (Å²) in [6, 6.07) is 77.1. The summed E-state index contributed by atoms with van der Waals surface area (Å²) >= 11 is 7.31. The van der Waals surface area contributed by atoms with E-state index in [2.05, 4.69) is 217 Å². The Morgan fingerprint density at radius 1 is 0.403 bits per heavy atom. The van der Waals surface area contributed by atoms with Gasteiger partial charge in [0, 0.05) is 49.3 Å². The van der Waals surface area contributed by atoms with Crippen LogP contribution in [0.15, 0.2) is 217 Å². The molecule has 316 valence electrons. The van der Waals surface area contributed by atoms with Crippen LogP contribution in [0.5, 0.6) is 0 Å². The fraction of sp³-hybridized carbons (Fsp3) is 0.0476. The molecule has 4 heteroatoms. The maximum absolute atomic E-state index is 7.31. The van der Waals surface area contributed by atoms with Crippen molar-refractivity contribution in [1.29, 1.82) is 0 Å². The summed E-state index contributed by atoms with van der Waals surface area (Å²) in [5.74, 6) is 0. The molecule has 3 heterocycles. The van der Waals surface area contributed by atoms with Crippen molar-refractivity contribution < 1.29 is 4.42 Å². The van der Waals surface area contributed by atoms with Crippen LogP contribution in [0.4, 0.5) is 17.1 Å². The Hall–Kier alpha value is -8.11. The quantitative estimate of drug-likeness (QED) is 0.176. The molecule has 14 rings (SSSR count). The number of hydrogen-bond acceptors (Lipinski definition) is 2. The first kappa shape index (κ1) is 38.2. The van der Waals surface area contributed by atoms with Gasteiger partial charge in [-0.25, -0.2) is 0 Å². The Labute approximate surface area is 393 Å². The van der Waals surface area contributed by atoms with Gasteiger partial charge in [-0.3, -0.25) is 0 Å². The molecule has 0 saturated heterocycles. The number of fused-ring (bicyclic) bond motifs is 14. The van der Waals surface area contributed by atoms with Crippen molar-refractivity contribution in [2.75, 3.05) is 4.90 Å². The Morgan fingerprint density at radius 2 is 1.03 bits per heavy atom. The van der Waals surface area contributed by atoms with Crippen molar-refractivity contribution in [1.82, 2.24) is 4.57 Å². The molecule has 0 fully saturated rings. The predicted octanol–water partition coefficient (Wildman–Crippen LogP) is 18.1. The van der Waals surface area contributed by atoms with Crippen LogP contribution >= 0.6 is 11.6 Å². The van der Waals surface area contributed by atoms with E-state index in [9.17, 15) is 0 Å². The molecular weight excluding hydrogens is 836 g/mol. The lowest BCUT2D eigenvalue weighted by molar-refractivity contribution is 0.661. The normalized spacial score (nSPS) is 13.4. The van der Waals surface area contributed by atoms with E-state index in [4.69, 9.17) is 16.0 Å². The molecule has 12 aromatic rings. The highest BCUT2D eigenvalue weighted by atomic mass is 35.5. The summed E-state index contributed by atoms with van der Waals surface area (Å²) in [6.07, 6.45) is 0. The van der Waals surface area contributed by atoms with Gasteiger partial charge in [0.15, 0.2) is 0 Å². The number of benzene rings is 10. The second-order valence-electron chi connectivity index (χ2n) is 18.5. The van der Waals surface area contributed by atoms with Gasteiger partial charge in [0.2, 0.25) is 0 Å². The van der Waals surface area contributed by atoms with Crippen LogP contribution in [0.2, 0.25) is 5.02 Å². The van der Waals surface area contributed by atoms with Crippen LogP contribution in [0.3, 0.4) is 0 Å². The van der Waals surface area contributed by atoms with Gasteiger partial charge in [-0.1, -0.05) is 165 Å². The Balaban J connectivity index is 1.02. The predicted molar refractivity (Wildman–Crippen MR) is 281 cm³/mol. The first-order valence-electron chi connectivity index (χ1n) is 23.0. The molecule has 67 heavy (non-hydrogen) atoms. The third-order valence-corrected chi connectivity index (χ3v) is 14.9. The minimum absolute atomic E-state index is 0.110. The van der Waals surface area contributed by atoms with Crippen molar-refractivity contribution in [3.63, 3.8) is 0 Å². The zero-order valence-corrected chi connectivity index (χ0v) is 37.6. The van der Waals surface area contributed by atoms with Crippen LogP contribution in [0.1, 0.15) is 25.0 Å². The SMILES string of the molecule is CC1(C)c2ccccc2-c2cc3c4cc(-c5ccc6c(c5)-c5ccccc5-c5cccc(-c7cccc8oc9ccccc9c78)c5N6c5ccccc5Cl)ccc4n(-c4ccccc4)c3cc21. The summed E-state index contributed by atoms with van der Waals surface area (Å²) in [7, 11) is 0. The van der Waals surface area contributed by atoms with Crippen molar-refractivity contribution >= 4 is 72.4 Å². The van der Waals surface area contributed by atoms with Gasteiger partial charge in [-0.2, -0.15) is 0 Å². The summed E-state index contributed by atoms with van der Waals surface area (Å²) in [5.41, 5.74) is 22.7. The maximum Gasteiger partial charge on any atom is 0.136 e. The van der Waals surface area contributed by atoms with E-state index < -0.39 is 0 Å². The summed E-state index contributed by atoms with van der Waals surface area (Å²) in [4.78, 5) is 2.39. The van der Waals surface area contributed by atoms with Gasteiger partial charge < -0.3 is 13.9 Å². The van der Waals surface area contributed by atoms with Crippen LogP contribution < -0.4 is 4.90 Å². The number of anilines is 3. The highest BCUT2D eigenvalue weighted by molar-refractivity contribution is 6.34. The average Bonchev–Trinajstić information content (AvgIpc) is 3.96. The van der Waals surface area contributed by atoms with E-state index in [-0.39, 0.29) is 5.41 Å². The average molecular weight is 877 g/mol. The standard InChI is InChI=1S/C63H41ClN2O/c1-63(2)52-25-10-8-20-43(52)48-36-51-50-35-39(30-32-55(50)65(58(51)37-53(48)63)40-16-4-3-5-17-40)38-31-33-56-49(34-38)42-19-7-6-18-41(42)45-23-14-24-46(62(45)66(56)57-27-12-11-26-54(57)64)44-22-15-29-60-61(44)47-21-9-13-28-59(47)67-60/h3-37H,1-2H3. The lowest BCUT2D eigenvalue weighted by atomic mass is 9.82. The second-order valence-corrected chi connectivity index (χ2v) is 18.9. The minimum Gasteiger partial charge on any atom is -0.456 e. The second kappa shape index (κ2) is 14.2. The zero-order chi connectivity index (χ0) is 44.5. The van der Waals surface area contributed by atoms with Crippen molar-refractivity contribution in [3.05, 3.63) is 228 Å². The van der Waals surface area contributed by atoms with Gasteiger partial charge in [0.25, 0.3) is 0 Å². The summed E-state index contributed by atoms with van der Waals surface area (Å²) in [5, 5.41) is 5.35. The minimum atomic E-state index is -0.110. The maximum atomic E-state index is 7.31. The molecule has 0 atom stereocenters. The monoisotopic (exact) mass is 876 g/mol. The van der Waals surface area contributed by atoms with Crippen molar-refractivity contribution in [3.8, 4) is 61.3 Å². The fourth-order valence-electron chi connectivity index (χ4n) is 11.5. The lowest BCUT2D eigenvalue weighted by Crippen LogP contribution is -2.14. The first-order chi connectivity index (χ1) is 32.9. The largest absolute Gasteiger partial charge is 0.456 e. The van der Waals surface area contributed by atoms with E-state index in [0.717, 1.165) is 89.2 Å². The Morgan fingerprint density at radius 3 is 1.88 bits per heavy atom. The Kier molecular flexibility index (Phi) is 8.09. The number of rotatable bonds is 4. The van der Waals surface area contributed by atoms with Crippen molar-refractivity contribution in [2.45, 2.75) is 19.3 Å². The van der Waals surface area contributed by atoms with Crippen LogP contribution in [0, 0.1) is 0 Å². The van der Waals surface area contributed by atoms with Crippen LogP contribution in [-0.2, 0) is 5.41 Å². The van der Waals surface area contributed by atoms with Crippen molar-refractivity contribution in [2.24, 2.45) is 0 Å². The zero-order valence-electron chi connectivity index (χ0n) is 36.9. The molecule has 0 unspecified atom stereocenters. The van der Waals surface area contributed by atoms with Gasteiger partial charge >= 0.3 is 0 Å². The topological polar surface area (TPSA) is 21.3 Å². The highest BCUT2D eigenvalue weighted by Gasteiger charge is 2.36.